The van der Waals surface area contributed by atoms with E-state index in [-0.39, 0.29) is 22.7 Å². The molecule has 8 heteroatoms. The molecule has 1 aliphatic heterocycles. The first-order valence-electron chi connectivity index (χ1n) is 13.9. The number of nitrogens with two attached hydrogens (primary N) is 1. The number of amides is 1. The largest absolute Gasteiger partial charge is 0.493 e. The van der Waals surface area contributed by atoms with Gasteiger partial charge < -0.3 is 24.8 Å². The monoisotopic (exact) mass is 549 g/mol. The van der Waals surface area contributed by atoms with E-state index < -0.39 is 5.97 Å². The summed E-state index contributed by atoms with van der Waals surface area (Å²) in [7, 11) is 0. The maximum Gasteiger partial charge on any atom is 0.337 e. The number of carboxylic acids is 1. The van der Waals surface area contributed by atoms with Crippen LogP contribution in [0, 0.1) is 11.2 Å². The van der Waals surface area contributed by atoms with Gasteiger partial charge in [-0.05, 0) is 62.2 Å². The zero-order valence-corrected chi connectivity index (χ0v) is 23.4. The molecule has 1 unspecified atom stereocenters. The van der Waals surface area contributed by atoms with Crippen molar-refractivity contribution in [3.63, 3.8) is 0 Å². The molecule has 212 valence electrons. The Balaban J connectivity index is 1.47. The fraction of sp³-hybridized carbons (Fsp3) is 0.375. The fourth-order valence-corrected chi connectivity index (χ4v) is 5.46. The number of hydrogen-bond donors (Lipinski definition) is 2. The van der Waals surface area contributed by atoms with Gasteiger partial charge >= 0.3 is 5.97 Å². The van der Waals surface area contributed by atoms with Gasteiger partial charge in [-0.2, -0.15) is 0 Å². The number of para-hydroxylation sites is 1. The molecule has 0 spiro atoms. The first-order chi connectivity index (χ1) is 19.3. The Morgan fingerprint density at radius 2 is 1.68 bits per heavy atom. The number of carboxylic acid groups (broad SMARTS) is 1. The van der Waals surface area contributed by atoms with E-state index in [4.69, 9.17) is 9.47 Å². The number of rotatable bonds is 13. The molecule has 0 radical (unpaired) electrons. The Morgan fingerprint density at radius 1 is 1.02 bits per heavy atom. The van der Waals surface area contributed by atoms with Crippen LogP contribution >= 0.6 is 0 Å². The van der Waals surface area contributed by atoms with E-state index in [0.29, 0.717) is 49.9 Å². The highest BCUT2D eigenvalue weighted by Gasteiger charge is 2.43. The molecule has 0 bridgehead atoms. The van der Waals surface area contributed by atoms with Gasteiger partial charge in [-0.3, -0.25) is 4.79 Å². The third-order valence-corrected chi connectivity index (χ3v) is 7.61. The average Bonchev–Trinajstić information content (AvgIpc) is 3.28. The molecule has 1 aliphatic rings. The average molecular weight is 550 g/mol. The zero-order valence-electron chi connectivity index (χ0n) is 23.4. The minimum Gasteiger partial charge on any atom is -0.493 e. The summed E-state index contributed by atoms with van der Waals surface area (Å²) in [4.78, 5) is 26.4. The molecule has 3 N–H and O–H groups in total. The predicted octanol–water partition coefficient (Wildman–Crippen LogP) is 5.28. The highest BCUT2D eigenvalue weighted by Crippen LogP contribution is 2.41. The normalized spacial score (nSPS) is 16.8. The summed E-state index contributed by atoms with van der Waals surface area (Å²) in [5, 5.41) is 11.8. The second-order valence-electron chi connectivity index (χ2n) is 10.2. The Bertz CT molecular complexity index is 1320. The van der Waals surface area contributed by atoms with Crippen LogP contribution in [0.5, 0.6) is 11.5 Å². The molecule has 3 aromatic rings. The molecule has 40 heavy (non-hydrogen) atoms. The first kappa shape index (κ1) is 29.1. The minimum atomic E-state index is -1.03. The van der Waals surface area contributed by atoms with E-state index in [1.807, 2.05) is 26.0 Å². The summed E-state index contributed by atoms with van der Waals surface area (Å²) in [6.45, 7) is 8.94. The standard InChI is InChI=1S/C32H37FN2O5/c1-4-32(19-29(36)35(21-32)26-10-8-7-9-25(26)31(37)38)15-16-34-20-22-17-27(39-5-2)30(28(18-22)40-6-3)23-11-13-24(33)14-12-23/h7-14,17-18,34H,4-6,15-16,19-21H2,1-3H3,(H,37,38)/p+1. The molecule has 0 aliphatic carbocycles. The molecule has 3 aromatic carbocycles. The lowest BCUT2D eigenvalue weighted by atomic mass is 9.81. The van der Waals surface area contributed by atoms with E-state index in [1.165, 1.54) is 12.1 Å². The van der Waals surface area contributed by atoms with Crippen molar-refractivity contribution in [1.82, 2.24) is 0 Å². The summed E-state index contributed by atoms with van der Waals surface area (Å²) in [6, 6.07) is 17.0. The SMILES string of the molecule is CCOc1cc(C[NH2+]CCC2(CC)CC(=O)N(c3ccccc3C(=O)O)C2)cc(OCC)c1-c1ccc(F)cc1. The molecule has 0 saturated carbocycles. The maximum atomic E-state index is 13.6. The summed E-state index contributed by atoms with van der Waals surface area (Å²) in [6.07, 6.45) is 2.06. The van der Waals surface area contributed by atoms with Crippen molar-refractivity contribution >= 4 is 17.6 Å². The van der Waals surface area contributed by atoms with Crippen molar-refractivity contribution in [3.05, 3.63) is 77.6 Å². The van der Waals surface area contributed by atoms with Crippen molar-refractivity contribution in [2.75, 3.05) is 31.2 Å². The molecular weight excluding hydrogens is 511 g/mol. The van der Waals surface area contributed by atoms with E-state index in [2.05, 4.69) is 12.2 Å². The summed E-state index contributed by atoms with van der Waals surface area (Å²) in [5.74, 6) is 0.0304. The lowest BCUT2D eigenvalue weighted by Gasteiger charge is -2.27. The molecule has 1 saturated heterocycles. The molecule has 4 rings (SSSR count). The van der Waals surface area contributed by atoms with Gasteiger partial charge in [0, 0.05) is 30.4 Å². The summed E-state index contributed by atoms with van der Waals surface area (Å²) < 4.78 is 25.5. The van der Waals surface area contributed by atoms with Crippen LogP contribution in [0.15, 0.2) is 60.7 Å². The number of carbonyl (C=O) groups excluding carboxylic acids is 1. The van der Waals surface area contributed by atoms with Gasteiger partial charge in [0.2, 0.25) is 5.91 Å². The predicted molar refractivity (Wildman–Crippen MR) is 152 cm³/mol. The van der Waals surface area contributed by atoms with Crippen LogP contribution in [-0.2, 0) is 11.3 Å². The van der Waals surface area contributed by atoms with Crippen LogP contribution in [0.2, 0.25) is 0 Å². The number of quaternary nitrogens is 1. The van der Waals surface area contributed by atoms with E-state index >= 15 is 0 Å². The minimum absolute atomic E-state index is 0.0327. The van der Waals surface area contributed by atoms with Crippen LogP contribution in [0.1, 0.15) is 56.0 Å². The highest BCUT2D eigenvalue weighted by atomic mass is 19.1. The molecule has 1 amide bonds. The zero-order chi connectivity index (χ0) is 28.7. The smallest absolute Gasteiger partial charge is 0.337 e. The van der Waals surface area contributed by atoms with Crippen LogP contribution in [-0.4, -0.2) is 43.3 Å². The molecule has 1 atom stereocenters. The topological polar surface area (TPSA) is 92.7 Å². The number of aromatic carboxylic acids is 1. The van der Waals surface area contributed by atoms with Crippen LogP contribution in [0.25, 0.3) is 11.1 Å². The first-order valence-corrected chi connectivity index (χ1v) is 13.9. The van der Waals surface area contributed by atoms with Gasteiger partial charge in [0.15, 0.2) is 0 Å². The second-order valence-corrected chi connectivity index (χ2v) is 10.2. The molecule has 1 fully saturated rings. The van der Waals surface area contributed by atoms with Gasteiger partial charge in [0.25, 0.3) is 0 Å². The highest BCUT2D eigenvalue weighted by molar-refractivity contribution is 6.03. The number of carbonyl (C=O) groups is 2. The molecule has 7 nitrogen and oxygen atoms in total. The molecule has 1 heterocycles. The number of anilines is 1. The van der Waals surface area contributed by atoms with Crippen molar-refractivity contribution in [2.45, 2.75) is 46.6 Å². The number of hydrogen-bond acceptors (Lipinski definition) is 4. The van der Waals surface area contributed by atoms with Gasteiger partial charge in [0.05, 0.1) is 36.6 Å². The van der Waals surface area contributed by atoms with Crippen LogP contribution in [0.4, 0.5) is 10.1 Å². The lowest BCUT2D eigenvalue weighted by Crippen LogP contribution is -2.83. The van der Waals surface area contributed by atoms with Gasteiger partial charge in [-0.15, -0.1) is 0 Å². The second kappa shape index (κ2) is 13.0. The Morgan fingerprint density at radius 3 is 2.27 bits per heavy atom. The van der Waals surface area contributed by atoms with Crippen molar-refractivity contribution in [2.24, 2.45) is 5.41 Å². The quantitative estimate of drug-likeness (QED) is 0.283. The van der Waals surface area contributed by atoms with Crippen LogP contribution in [0.3, 0.4) is 0 Å². The summed E-state index contributed by atoms with van der Waals surface area (Å²) in [5.41, 5.74) is 3.08. The Hall–Kier alpha value is -3.91. The van der Waals surface area contributed by atoms with Crippen molar-refractivity contribution in [1.29, 1.82) is 0 Å². The maximum absolute atomic E-state index is 13.6. The number of ether oxygens (including phenoxy) is 2. The number of benzene rings is 3. The van der Waals surface area contributed by atoms with Crippen molar-refractivity contribution < 1.29 is 33.9 Å². The number of halogens is 1. The Kier molecular flexibility index (Phi) is 9.42. The van der Waals surface area contributed by atoms with E-state index in [9.17, 15) is 19.1 Å². The molecule has 0 aromatic heterocycles. The Labute approximate surface area is 234 Å². The van der Waals surface area contributed by atoms with Gasteiger partial charge in [-0.25, -0.2) is 9.18 Å². The van der Waals surface area contributed by atoms with Gasteiger partial charge in [0.1, 0.15) is 23.9 Å². The fourth-order valence-electron chi connectivity index (χ4n) is 5.46. The summed E-state index contributed by atoms with van der Waals surface area (Å²) >= 11 is 0. The van der Waals surface area contributed by atoms with E-state index in [0.717, 1.165) is 36.1 Å². The number of nitrogens with zero attached hydrogens (tertiary/aromatic N) is 1. The third-order valence-electron chi connectivity index (χ3n) is 7.61. The van der Waals surface area contributed by atoms with E-state index in [1.54, 1.807) is 41.3 Å². The molecular formula is C32H38FN2O5+. The van der Waals surface area contributed by atoms with Gasteiger partial charge in [-0.1, -0.05) is 31.2 Å². The third kappa shape index (κ3) is 6.45. The van der Waals surface area contributed by atoms with Crippen LogP contribution < -0.4 is 19.7 Å². The van der Waals surface area contributed by atoms with Crippen molar-refractivity contribution in [3.8, 4) is 22.6 Å². The lowest BCUT2D eigenvalue weighted by molar-refractivity contribution is -0.672.